The number of fused-ring (bicyclic) bond motifs is 1. The van der Waals surface area contributed by atoms with E-state index in [1.54, 1.807) is 28.2 Å². The van der Waals surface area contributed by atoms with Gasteiger partial charge in [0, 0.05) is 11.8 Å². The number of methoxy groups -OCH3 is 1. The maximum atomic E-state index is 12.5. The van der Waals surface area contributed by atoms with E-state index in [9.17, 15) is 14.4 Å². The highest BCUT2D eigenvalue weighted by Gasteiger charge is 2.20. The first-order valence-corrected chi connectivity index (χ1v) is 9.97. The van der Waals surface area contributed by atoms with Gasteiger partial charge in [-0.3, -0.25) is 4.79 Å². The molecule has 0 saturated heterocycles. The molecule has 4 rings (SSSR count). The number of aromatic nitrogens is 3. The summed E-state index contributed by atoms with van der Waals surface area (Å²) in [5, 5.41) is 8.42. The molecule has 4 aromatic rings. The Morgan fingerprint density at radius 3 is 2.68 bits per heavy atom. The molecule has 0 unspecified atom stereocenters. The van der Waals surface area contributed by atoms with Crippen LogP contribution in [0.4, 0.5) is 5.69 Å². The molecule has 1 aromatic carbocycles. The summed E-state index contributed by atoms with van der Waals surface area (Å²) in [6, 6.07) is 12.9. The number of esters is 2. The minimum atomic E-state index is -0.735. The van der Waals surface area contributed by atoms with Crippen molar-refractivity contribution < 1.29 is 23.9 Å². The molecule has 0 aliphatic rings. The van der Waals surface area contributed by atoms with Crippen LogP contribution in [0.1, 0.15) is 20.0 Å². The smallest absolute Gasteiger partial charge is 0.350 e. The maximum Gasteiger partial charge on any atom is 0.350 e. The van der Waals surface area contributed by atoms with E-state index in [1.807, 2.05) is 30.3 Å². The predicted octanol–water partition coefficient (Wildman–Crippen LogP) is 3.04. The first kappa shape index (κ1) is 20.2. The number of hydrogen-bond donors (Lipinski definition) is 1. The lowest BCUT2D eigenvalue weighted by Gasteiger charge is -2.07. The SMILES string of the molecule is COC(=O)c1sccc1NC(=O)COC(=O)c1cnn2c(-c3ccccc3)ccnc12. The molecule has 0 saturated carbocycles. The van der Waals surface area contributed by atoms with Crippen molar-refractivity contribution in [3.05, 3.63) is 70.7 Å². The molecular weight excluding hydrogens is 420 g/mol. The Balaban J connectivity index is 1.47. The van der Waals surface area contributed by atoms with Gasteiger partial charge in [0.2, 0.25) is 0 Å². The predicted molar refractivity (Wildman–Crippen MR) is 113 cm³/mol. The Labute approximate surface area is 180 Å². The Morgan fingerprint density at radius 1 is 1.10 bits per heavy atom. The number of carbonyl (C=O) groups excluding carboxylic acids is 3. The lowest BCUT2D eigenvalue weighted by Crippen LogP contribution is -2.21. The summed E-state index contributed by atoms with van der Waals surface area (Å²) >= 11 is 1.13. The van der Waals surface area contributed by atoms with Gasteiger partial charge in [-0.25, -0.2) is 19.1 Å². The van der Waals surface area contributed by atoms with Crippen LogP contribution in [0.25, 0.3) is 16.9 Å². The molecule has 31 heavy (non-hydrogen) atoms. The van der Waals surface area contributed by atoms with Gasteiger partial charge in [0.05, 0.1) is 24.7 Å². The summed E-state index contributed by atoms with van der Waals surface area (Å²) in [4.78, 5) is 40.9. The number of ether oxygens (including phenoxy) is 2. The second-order valence-electron chi connectivity index (χ2n) is 6.27. The number of hydrogen-bond acceptors (Lipinski definition) is 8. The van der Waals surface area contributed by atoms with Gasteiger partial charge in [0.15, 0.2) is 12.3 Å². The summed E-state index contributed by atoms with van der Waals surface area (Å²) in [6.07, 6.45) is 2.93. The second kappa shape index (κ2) is 8.76. The zero-order chi connectivity index (χ0) is 21.8. The van der Waals surface area contributed by atoms with Crippen LogP contribution in [-0.2, 0) is 14.3 Å². The summed E-state index contributed by atoms with van der Waals surface area (Å²) in [7, 11) is 1.25. The molecule has 0 bridgehead atoms. The van der Waals surface area contributed by atoms with Crippen LogP contribution >= 0.6 is 11.3 Å². The largest absolute Gasteiger partial charge is 0.465 e. The normalized spacial score (nSPS) is 10.6. The minimum Gasteiger partial charge on any atom is -0.465 e. The van der Waals surface area contributed by atoms with Crippen molar-refractivity contribution in [1.29, 1.82) is 0 Å². The van der Waals surface area contributed by atoms with E-state index in [0.717, 1.165) is 22.6 Å². The van der Waals surface area contributed by atoms with Crippen LogP contribution in [0.3, 0.4) is 0 Å². The monoisotopic (exact) mass is 436 g/mol. The lowest BCUT2D eigenvalue weighted by atomic mass is 10.1. The van der Waals surface area contributed by atoms with Gasteiger partial charge in [-0.2, -0.15) is 5.10 Å². The third-order valence-corrected chi connectivity index (χ3v) is 5.23. The molecular formula is C21H16N4O5S. The average molecular weight is 436 g/mol. The first-order chi connectivity index (χ1) is 15.1. The number of thiophene rings is 1. The Kier molecular flexibility index (Phi) is 5.72. The lowest BCUT2D eigenvalue weighted by molar-refractivity contribution is -0.119. The summed E-state index contributed by atoms with van der Waals surface area (Å²) in [6.45, 7) is -0.537. The van der Waals surface area contributed by atoms with E-state index < -0.39 is 24.5 Å². The highest BCUT2D eigenvalue weighted by atomic mass is 32.1. The number of rotatable bonds is 6. The van der Waals surface area contributed by atoms with E-state index in [2.05, 4.69) is 20.1 Å². The van der Waals surface area contributed by atoms with Crippen LogP contribution in [0, 0.1) is 0 Å². The van der Waals surface area contributed by atoms with Crippen LogP contribution in [0.2, 0.25) is 0 Å². The van der Waals surface area contributed by atoms with E-state index in [0.29, 0.717) is 11.3 Å². The van der Waals surface area contributed by atoms with Crippen molar-refractivity contribution in [2.24, 2.45) is 0 Å². The van der Waals surface area contributed by atoms with Crippen molar-refractivity contribution in [2.75, 3.05) is 19.0 Å². The van der Waals surface area contributed by atoms with Gasteiger partial charge < -0.3 is 14.8 Å². The van der Waals surface area contributed by atoms with Gasteiger partial charge in [-0.15, -0.1) is 11.3 Å². The number of nitrogens with zero attached hydrogens (tertiary/aromatic N) is 3. The van der Waals surface area contributed by atoms with E-state index in [4.69, 9.17) is 4.74 Å². The fourth-order valence-corrected chi connectivity index (χ4v) is 3.68. The third kappa shape index (κ3) is 4.14. The van der Waals surface area contributed by atoms with Crippen molar-refractivity contribution in [2.45, 2.75) is 0 Å². The molecule has 3 heterocycles. The molecule has 0 spiro atoms. The topological polar surface area (TPSA) is 112 Å². The van der Waals surface area contributed by atoms with Gasteiger partial charge in [-0.05, 0) is 17.5 Å². The molecule has 9 nitrogen and oxygen atoms in total. The standard InChI is InChI=1S/C21H16N4O5S/c1-29-21(28)18-15(8-10-31-18)24-17(26)12-30-20(27)14-11-23-25-16(7-9-22-19(14)25)13-5-3-2-4-6-13/h2-11H,12H2,1H3,(H,24,26). The molecule has 0 aliphatic carbocycles. The van der Waals surface area contributed by atoms with Gasteiger partial charge in [0.1, 0.15) is 10.4 Å². The molecule has 1 amide bonds. The van der Waals surface area contributed by atoms with Gasteiger partial charge >= 0.3 is 11.9 Å². The summed E-state index contributed by atoms with van der Waals surface area (Å²) < 4.78 is 11.3. The Bertz CT molecular complexity index is 1270. The number of benzene rings is 1. The minimum absolute atomic E-state index is 0.136. The molecule has 0 atom stereocenters. The van der Waals surface area contributed by atoms with Gasteiger partial charge in [0.25, 0.3) is 5.91 Å². The highest BCUT2D eigenvalue weighted by Crippen LogP contribution is 2.23. The van der Waals surface area contributed by atoms with Crippen LogP contribution in [-0.4, -0.2) is 46.2 Å². The number of anilines is 1. The molecule has 0 radical (unpaired) electrons. The van der Waals surface area contributed by atoms with Crippen molar-refractivity contribution >= 4 is 40.5 Å². The number of nitrogens with one attached hydrogen (secondary N) is 1. The Morgan fingerprint density at radius 2 is 1.90 bits per heavy atom. The van der Waals surface area contributed by atoms with Crippen molar-refractivity contribution in [1.82, 2.24) is 14.6 Å². The van der Waals surface area contributed by atoms with Crippen LogP contribution in [0.15, 0.2) is 60.2 Å². The van der Waals surface area contributed by atoms with Crippen molar-refractivity contribution in [3.63, 3.8) is 0 Å². The quantitative estimate of drug-likeness (QED) is 0.462. The first-order valence-electron chi connectivity index (χ1n) is 9.09. The zero-order valence-electron chi connectivity index (χ0n) is 16.3. The highest BCUT2D eigenvalue weighted by molar-refractivity contribution is 7.12. The fourth-order valence-electron chi connectivity index (χ4n) is 2.92. The van der Waals surface area contributed by atoms with Crippen LogP contribution in [0.5, 0.6) is 0 Å². The molecule has 156 valence electrons. The van der Waals surface area contributed by atoms with Gasteiger partial charge in [-0.1, -0.05) is 30.3 Å². The maximum absolute atomic E-state index is 12.5. The number of amides is 1. The fraction of sp³-hybridized carbons (Fsp3) is 0.0952. The van der Waals surface area contributed by atoms with Crippen molar-refractivity contribution in [3.8, 4) is 11.3 Å². The molecule has 1 N–H and O–H groups in total. The summed E-state index contributed by atoms with van der Waals surface area (Å²) in [5.41, 5.74) is 2.42. The summed E-state index contributed by atoms with van der Waals surface area (Å²) in [5.74, 6) is -1.89. The Hall–Kier alpha value is -4.05. The molecule has 0 aliphatic heterocycles. The van der Waals surface area contributed by atoms with E-state index in [-0.39, 0.29) is 10.4 Å². The molecule has 10 heteroatoms. The average Bonchev–Trinajstić information content (AvgIpc) is 3.44. The third-order valence-electron chi connectivity index (χ3n) is 4.34. The van der Waals surface area contributed by atoms with Crippen LogP contribution < -0.4 is 5.32 Å². The zero-order valence-corrected chi connectivity index (χ0v) is 17.1. The molecule has 3 aromatic heterocycles. The van der Waals surface area contributed by atoms with E-state index in [1.165, 1.54) is 13.3 Å². The van der Waals surface area contributed by atoms with E-state index >= 15 is 0 Å². The number of carbonyl (C=O) groups is 3. The molecule has 0 fully saturated rings. The second-order valence-corrected chi connectivity index (χ2v) is 7.19.